The zero-order valence-electron chi connectivity index (χ0n) is 5.09. The van der Waals surface area contributed by atoms with Gasteiger partial charge in [-0.25, -0.2) is 0 Å². The summed E-state index contributed by atoms with van der Waals surface area (Å²) in [5.74, 6) is 0. The van der Waals surface area contributed by atoms with Gasteiger partial charge in [0.2, 0.25) is 11.6 Å². The zero-order valence-corrected chi connectivity index (χ0v) is 5.09. The fourth-order valence-electron chi connectivity index (χ4n) is 0.211. The van der Waals surface area contributed by atoms with Gasteiger partial charge in [0.15, 0.2) is 0 Å². The molecule has 4 nitrogen and oxygen atoms in total. The molecule has 0 radical (unpaired) electrons. The Morgan fingerprint density at radius 1 is 1.75 bits per heavy atom. The molecular formula is C4H10N3O+. The molecule has 0 aromatic rings. The second-order valence-electron chi connectivity index (χ2n) is 1.59. The van der Waals surface area contributed by atoms with Gasteiger partial charge in [-0.3, -0.25) is 0 Å². The van der Waals surface area contributed by atoms with Crippen molar-refractivity contribution in [2.24, 2.45) is 5.11 Å². The molecule has 0 fully saturated rings. The maximum absolute atomic E-state index is 6.23. The third-order valence-electron chi connectivity index (χ3n) is 0.536. The Kier molecular flexibility index (Phi) is 4.03. The van der Waals surface area contributed by atoms with Crippen molar-refractivity contribution in [3.8, 4) is 0 Å². The van der Waals surface area contributed by atoms with E-state index < -0.39 is 0 Å². The van der Waals surface area contributed by atoms with Crippen molar-refractivity contribution in [1.82, 2.24) is 4.91 Å². The molecule has 4 heteroatoms. The second kappa shape index (κ2) is 4.43. The first-order valence-electron chi connectivity index (χ1n) is 2.42. The molecule has 0 unspecified atom stereocenters. The Hall–Kier alpha value is -0.730. The summed E-state index contributed by atoms with van der Waals surface area (Å²) >= 11 is 0. The number of nitrogens with one attached hydrogen (secondary N) is 1. The number of ether oxygens (including phenoxy) is 1. The van der Waals surface area contributed by atoms with Gasteiger partial charge in [-0.15, -0.1) is 0 Å². The van der Waals surface area contributed by atoms with E-state index in [9.17, 15) is 0 Å². The lowest BCUT2D eigenvalue weighted by Gasteiger charge is -1.97. The number of hydrogen-bond acceptors (Lipinski definition) is 3. The molecule has 0 saturated heterocycles. The lowest BCUT2D eigenvalue weighted by Crippen LogP contribution is -2.01. The number of nitrogens with zero attached hydrogens (tertiary/aromatic N) is 2. The zero-order chi connectivity index (χ0) is 6.41. The first-order valence-corrected chi connectivity index (χ1v) is 2.42. The molecule has 8 heavy (non-hydrogen) atoms. The van der Waals surface area contributed by atoms with Gasteiger partial charge >= 0.3 is 0 Å². The molecule has 0 rings (SSSR count). The Morgan fingerprint density at radius 2 is 2.38 bits per heavy atom. The van der Waals surface area contributed by atoms with E-state index in [-0.39, 0.29) is 12.8 Å². The molecule has 0 aromatic carbocycles. The highest BCUT2D eigenvalue weighted by atomic mass is 16.5. The lowest BCUT2D eigenvalue weighted by atomic mass is 10.5. The van der Waals surface area contributed by atoms with Crippen LogP contribution < -0.4 is 4.91 Å². The Balaban J connectivity index is 3.05. The Labute approximate surface area is 48.1 Å². The smallest absolute Gasteiger partial charge is 0.221 e. The topological polar surface area (TPSA) is 59.5 Å². The van der Waals surface area contributed by atoms with E-state index in [4.69, 9.17) is 10.3 Å². The SMILES string of the molecule is CC(C)OCN=[N+]=N. The summed E-state index contributed by atoms with van der Waals surface area (Å²) in [7, 11) is 0. The largest absolute Gasteiger partial charge is 0.350 e. The molecule has 0 aliphatic rings. The standard InChI is InChI=1S/C4H10N3O/c1-4(2)8-3-6-7-5/h4-5H,3H2,1-2H3/q+1. The van der Waals surface area contributed by atoms with E-state index in [1.54, 1.807) is 0 Å². The van der Waals surface area contributed by atoms with Crippen LogP contribution in [0.25, 0.3) is 0 Å². The summed E-state index contributed by atoms with van der Waals surface area (Å²) < 4.78 is 4.90. The van der Waals surface area contributed by atoms with Crippen LogP contribution in [0.5, 0.6) is 0 Å². The number of rotatable bonds is 3. The summed E-state index contributed by atoms with van der Waals surface area (Å²) in [6.45, 7) is 4.00. The van der Waals surface area contributed by atoms with Gasteiger partial charge in [0.05, 0.1) is 6.10 Å². The molecule has 0 aliphatic heterocycles. The summed E-state index contributed by atoms with van der Waals surface area (Å²) in [6.07, 6.45) is 0.167. The van der Waals surface area contributed by atoms with Gasteiger partial charge in [0.1, 0.15) is 10.6 Å². The van der Waals surface area contributed by atoms with Crippen molar-refractivity contribution in [2.45, 2.75) is 20.0 Å². The fourth-order valence-corrected chi connectivity index (χ4v) is 0.211. The maximum atomic E-state index is 6.23. The van der Waals surface area contributed by atoms with Crippen LogP contribution in [0.4, 0.5) is 0 Å². The van der Waals surface area contributed by atoms with Crippen LogP contribution in [-0.2, 0) is 4.74 Å². The minimum atomic E-state index is 0.167. The van der Waals surface area contributed by atoms with Gasteiger partial charge in [-0.1, -0.05) is 0 Å². The van der Waals surface area contributed by atoms with E-state index in [0.29, 0.717) is 0 Å². The lowest BCUT2D eigenvalue weighted by molar-refractivity contribution is 0.0810. The van der Waals surface area contributed by atoms with Gasteiger partial charge < -0.3 is 4.74 Å². The Morgan fingerprint density at radius 3 is 2.75 bits per heavy atom. The normalized spacial score (nSPS) is 8.88. The molecule has 0 saturated carbocycles. The van der Waals surface area contributed by atoms with Crippen LogP contribution >= 0.6 is 0 Å². The van der Waals surface area contributed by atoms with Crippen molar-refractivity contribution in [3.05, 3.63) is 0 Å². The summed E-state index contributed by atoms with van der Waals surface area (Å²) in [5, 5.41) is 3.28. The third kappa shape index (κ3) is 5.27. The summed E-state index contributed by atoms with van der Waals surface area (Å²) in [6, 6.07) is 0. The van der Waals surface area contributed by atoms with Gasteiger partial charge in [0.25, 0.3) is 0 Å². The second-order valence-corrected chi connectivity index (χ2v) is 1.59. The average Bonchev–Trinajstić information content (AvgIpc) is 1.66. The van der Waals surface area contributed by atoms with Gasteiger partial charge in [0, 0.05) is 0 Å². The van der Waals surface area contributed by atoms with Crippen LogP contribution in [0.1, 0.15) is 13.8 Å². The molecule has 0 amide bonds. The first-order chi connectivity index (χ1) is 3.77. The van der Waals surface area contributed by atoms with Crippen molar-refractivity contribution in [3.63, 3.8) is 0 Å². The van der Waals surface area contributed by atoms with Crippen LogP contribution in [0.2, 0.25) is 0 Å². The van der Waals surface area contributed by atoms with Crippen LogP contribution in [0.15, 0.2) is 5.11 Å². The summed E-state index contributed by atoms with van der Waals surface area (Å²) in [4.78, 5) is 2.76. The quantitative estimate of drug-likeness (QED) is 0.432. The summed E-state index contributed by atoms with van der Waals surface area (Å²) in [5.41, 5.74) is 6.23. The van der Waals surface area contributed by atoms with Crippen molar-refractivity contribution in [1.29, 1.82) is 5.53 Å². The molecule has 0 aromatic heterocycles. The molecule has 1 N–H and O–H groups in total. The van der Waals surface area contributed by atoms with E-state index in [2.05, 4.69) is 10.0 Å². The predicted molar refractivity (Wildman–Crippen MR) is 28.4 cm³/mol. The van der Waals surface area contributed by atoms with E-state index in [0.717, 1.165) is 0 Å². The van der Waals surface area contributed by atoms with Crippen molar-refractivity contribution < 1.29 is 4.74 Å². The van der Waals surface area contributed by atoms with Crippen LogP contribution in [0.3, 0.4) is 0 Å². The van der Waals surface area contributed by atoms with E-state index in [1.165, 1.54) is 0 Å². The highest BCUT2D eigenvalue weighted by Gasteiger charge is 1.91. The number of hydrogen-bond donors (Lipinski definition) is 1. The van der Waals surface area contributed by atoms with E-state index in [1.807, 2.05) is 13.8 Å². The minimum absolute atomic E-state index is 0.167. The van der Waals surface area contributed by atoms with E-state index >= 15 is 0 Å². The predicted octanol–water partition coefficient (Wildman–Crippen LogP) is 0.919. The highest BCUT2D eigenvalue weighted by Crippen LogP contribution is 1.84. The first kappa shape index (κ1) is 7.27. The van der Waals surface area contributed by atoms with Crippen molar-refractivity contribution in [2.75, 3.05) is 6.73 Å². The third-order valence-corrected chi connectivity index (χ3v) is 0.536. The Bertz CT molecular complexity index is 95.5. The molecule has 0 bridgehead atoms. The van der Waals surface area contributed by atoms with Gasteiger partial charge in [-0.05, 0) is 13.8 Å². The monoisotopic (exact) mass is 116 g/mol. The van der Waals surface area contributed by atoms with Gasteiger partial charge in [-0.2, -0.15) is 0 Å². The molecular weight excluding hydrogens is 106 g/mol. The highest BCUT2D eigenvalue weighted by molar-refractivity contribution is 4.31. The molecule has 0 aliphatic carbocycles. The molecule has 46 valence electrons. The fraction of sp³-hybridized carbons (Fsp3) is 1.00. The molecule has 0 atom stereocenters. The van der Waals surface area contributed by atoms with Crippen LogP contribution in [-0.4, -0.2) is 12.8 Å². The molecule has 0 heterocycles. The van der Waals surface area contributed by atoms with Crippen LogP contribution in [0, 0.1) is 5.53 Å². The van der Waals surface area contributed by atoms with Crippen molar-refractivity contribution >= 4 is 0 Å². The maximum Gasteiger partial charge on any atom is 0.221 e. The molecule has 0 spiro atoms. The minimum Gasteiger partial charge on any atom is -0.350 e. The average molecular weight is 116 g/mol.